The van der Waals surface area contributed by atoms with Crippen LogP contribution in [0.3, 0.4) is 0 Å². The van der Waals surface area contributed by atoms with Crippen molar-refractivity contribution in [3.05, 3.63) is 29.8 Å². The van der Waals surface area contributed by atoms with Crippen LogP contribution in [-0.2, 0) is 0 Å². The van der Waals surface area contributed by atoms with Crippen molar-refractivity contribution in [2.24, 2.45) is 5.92 Å². The molecular formula is C17H28N2O. The highest BCUT2D eigenvalue weighted by atomic mass is 16.3. The van der Waals surface area contributed by atoms with Crippen LogP contribution in [0.15, 0.2) is 24.3 Å². The van der Waals surface area contributed by atoms with E-state index in [1.807, 2.05) is 13.0 Å². The monoisotopic (exact) mass is 276 g/mol. The molecule has 2 rings (SSSR count). The molecule has 1 N–H and O–H groups in total. The molecular weight excluding hydrogens is 248 g/mol. The number of aliphatic hydroxyl groups is 1. The Morgan fingerprint density at radius 1 is 1.30 bits per heavy atom. The van der Waals surface area contributed by atoms with E-state index in [-0.39, 0.29) is 6.10 Å². The summed E-state index contributed by atoms with van der Waals surface area (Å²) in [5.74, 6) is 0.767. The van der Waals surface area contributed by atoms with Gasteiger partial charge in [0, 0.05) is 24.8 Å². The summed E-state index contributed by atoms with van der Waals surface area (Å²) in [5, 5.41) is 10.2. The van der Waals surface area contributed by atoms with Crippen LogP contribution >= 0.6 is 0 Å². The zero-order valence-electron chi connectivity index (χ0n) is 13.0. The van der Waals surface area contributed by atoms with Crippen molar-refractivity contribution < 1.29 is 5.11 Å². The molecule has 1 aliphatic rings. The Morgan fingerprint density at radius 3 is 2.60 bits per heavy atom. The van der Waals surface area contributed by atoms with Gasteiger partial charge in [-0.25, -0.2) is 0 Å². The normalized spacial score (nSPS) is 19.0. The average molecular weight is 276 g/mol. The summed E-state index contributed by atoms with van der Waals surface area (Å²) in [7, 11) is 4.35. The van der Waals surface area contributed by atoms with Gasteiger partial charge in [-0.2, -0.15) is 0 Å². The molecule has 1 aromatic carbocycles. The van der Waals surface area contributed by atoms with Gasteiger partial charge in [-0.3, -0.25) is 0 Å². The highest BCUT2D eigenvalue weighted by Gasteiger charge is 2.20. The largest absolute Gasteiger partial charge is 0.388 e. The number of hydrogen-bond acceptors (Lipinski definition) is 3. The molecule has 3 heteroatoms. The molecule has 1 atom stereocenters. The first-order valence-corrected chi connectivity index (χ1v) is 7.78. The highest BCUT2D eigenvalue weighted by Crippen LogP contribution is 2.29. The van der Waals surface area contributed by atoms with Gasteiger partial charge in [0.2, 0.25) is 0 Å². The fourth-order valence-corrected chi connectivity index (χ4v) is 3.07. The van der Waals surface area contributed by atoms with Crippen molar-refractivity contribution in [3.63, 3.8) is 0 Å². The summed E-state index contributed by atoms with van der Waals surface area (Å²) in [6, 6.07) is 8.26. The lowest BCUT2D eigenvalue weighted by molar-refractivity contribution is 0.174. The Balaban J connectivity index is 2.03. The number of piperidine rings is 1. The van der Waals surface area contributed by atoms with Crippen LogP contribution in [-0.4, -0.2) is 43.7 Å². The second-order valence-electron chi connectivity index (χ2n) is 6.11. The van der Waals surface area contributed by atoms with Gasteiger partial charge >= 0.3 is 0 Å². The number of benzene rings is 1. The van der Waals surface area contributed by atoms with Crippen LogP contribution in [0.1, 0.15) is 37.9 Å². The van der Waals surface area contributed by atoms with Crippen molar-refractivity contribution >= 4 is 5.69 Å². The maximum atomic E-state index is 10.2. The van der Waals surface area contributed by atoms with Gasteiger partial charge < -0.3 is 14.9 Å². The maximum absolute atomic E-state index is 10.2. The number of likely N-dealkylation sites (tertiary alicyclic amines) is 1. The third kappa shape index (κ3) is 3.74. The van der Waals surface area contributed by atoms with E-state index < -0.39 is 0 Å². The number of aliphatic hydroxyl groups excluding tert-OH is 1. The summed E-state index contributed by atoms with van der Waals surface area (Å²) in [4.78, 5) is 4.73. The minimum atomic E-state index is -0.355. The van der Waals surface area contributed by atoms with E-state index in [4.69, 9.17) is 0 Å². The van der Waals surface area contributed by atoms with Crippen molar-refractivity contribution in [2.45, 2.75) is 32.3 Å². The zero-order valence-corrected chi connectivity index (χ0v) is 13.0. The van der Waals surface area contributed by atoms with E-state index in [1.165, 1.54) is 31.6 Å². The lowest BCUT2D eigenvalue weighted by Gasteiger charge is -2.33. The van der Waals surface area contributed by atoms with Gasteiger partial charge in [0.1, 0.15) is 0 Å². The van der Waals surface area contributed by atoms with Crippen LogP contribution in [0.25, 0.3) is 0 Å². The Bertz CT molecular complexity index is 413. The molecule has 0 spiro atoms. The van der Waals surface area contributed by atoms with Gasteiger partial charge in [0.25, 0.3) is 0 Å². The number of para-hydroxylation sites is 1. The molecule has 1 aliphatic heterocycles. The molecule has 0 aromatic heterocycles. The third-order valence-electron chi connectivity index (χ3n) is 4.46. The number of nitrogens with zero attached hydrogens (tertiary/aromatic N) is 2. The van der Waals surface area contributed by atoms with Crippen LogP contribution in [0.5, 0.6) is 0 Å². The van der Waals surface area contributed by atoms with Crippen LogP contribution in [0.2, 0.25) is 0 Å². The van der Waals surface area contributed by atoms with E-state index in [0.29, 0.717) is 0 Å². The van der Waals surface area contributed by atoms with E-state index in [1.54, 1.807) is 0 Å². The Morgan fingerprint density at radius 2 is 1.95 bits per heavy atom. The molecule has 112 valence electrons. The summed E-state index contributed by atoms with van der Waals surface area (Å²) < 4.78 is 0. The van der Waals surface area contributed by atoms with Crippen molar-refractivity contribution in [3.8, 4) is 0 Å². The fourth-order valence-electron chi connectivity index (χ4n) is 3.07. The number of anilines is 1. The molecule has 0 radical (unpaired) electrons. The van der Waals surface area contributed by atoms with Gasteiger partial charge in [-0.15, -0.1) is 0 Å². The van der Waals surface area contributed by atoms with Crippen LogP contribution in [0, 0.1) is 5.92 Å². The highest BCUT2D eigenvalue weighted by molar-refractivity contribution is 5.54. The first-order chi connectivity index (χ1) is 9.61. The minimum Gasteiger partial charge on any atom is -0.388 e. The second kappa shape index (κ2) is 7.09. The van der Waals surface area contributed by atoms with Gasteiger partial charge in [0.05, 0.1) is 6.10 Å². The summed E-state index contributed by atoms with van der Waals surface area (Å²) >= 11 is 0. The molecule has 1 fully saturated rings. The first kappa shape index (κ1) is 15.3. The minimum absolute atomic E-state index is 0.355. The van der Waals surface area contributed by atoms with E-state index in [0.717, 1.165) is 24.4 Å². The predicted molar refractivity (Wildman–Crippen MR) is 85.2 cm³/mol. The molecule has 0 unspecified atom stereocenters. The molecule has 1 aromatic rings. The van der Waals surface area contributed by atoms with E-state index in [9.17, 15) is 5.11 Å². The maximum Gasteiger partial charge on any atom is 0.0807 e. The molecule has 3 nitrogen and oxygen atoms in total. The first-order valence-electron chi connectivity index (χ1n) is 7.78. The Hall–Kier alpha value is -1.06. The van der Waals surface area contributed by atoms with E-state index >= 15 is 0 Å². The third-order valence-corrected chi connectivity index (χ3v) is 4.46. The number of rotatable bonds is 5. The summed E-state index contributed by atoms with van der Waals surface area (Å²) in [6.07, 6.45) is 2.96. The Kier molecular flexibility index (Phi) is 5.44. The quantitative estimate of drug-likeness (QED) is 0.896. The standard InChI is InChI=1S/C17H28N2O/c1-4-17(20)15-7-5-6-8-16(15)19(3)13-14-9-11-18(2)12-10-14/h5-8,14,17,20H,4,9-13H2,1-3H3/t17-/m1/s1. The molecule has 1 saturated heterocycles. The summed E-state index contributed by atoms with van der Waals surface area (Å²) in [5.41, 5.74) is 2.24. The molecule has 0 bridgehead atoms. The molecule has 0 saturated carbocycles. The fraction of sp³-hybridized carbons (Fsp3) is 0.647. The Labute approximate surface area is 123 Å². The molecule has 0 amide bonds. The topological polar surface area (TPSA) is 26.7 Å². The second-order valence-corrected chi connectivity index (χ2v) is 6.11. The van der Waals surface area contributed by atoms with Crippen LogP contribution < -0.4 is 4.90 Å². The van der Waals surface area contributed by atoms with E-state index in [2.05, 4.69) is 42.1 Å². The van der Waals surface area contributed by atoms with Gasteiger partial charge in [0.15, 0.2) is 0 Å². The van der Waals surface area contributed by atoms with Gasteiger partial charge in [-0.05, 0) is 51.4 Å². The van der Waals surface area contributed by atoms with Crippen molar-refractivity contribution in [2.75, 3.05) is 38.6 Å². The van der Waals surface area contributed by atoms with Gasteiger partial charge in [-0.1, -0.05) is 25.1 Å². The SMILES string of the molecule is CC[C@@H](O)c1ccccc1N(C)CC1CCN(C)CC1. The van der Waals surface area contributed by atoms with Crippen molar-refractivity contribution in [1.29, 1.82) is 0 Å². The summed E-state index contributed by atoms with van der Waals surface area (Å²) in [6.45, 7) is 5.52. The molecule has 0 aliphatic carbocycles. The number of hydrogen-bond donors (Lipinski definition) is 1. The molecule has 1 heterocycles. The lowest BCUT2D eigenvalue weighted by atomic mass is 9.96. The van der Waals surface area contributed by atoms with Crippen molar-refractivity contribution in [1.82, 2.24) is 4.90 Å². The zero-order chi connectivity index (χ0) is 14.5. The predicted octanol–water partition coefficient (Wildman–Crippen LogP) is 2.91. The lowest BCUT2D eigenvalue weighted by Crippen LogP contribution is -2.36. The van der Waals surface area contributed by atoms with Crippen LogP contribution in [0.4, 0.5) is 5.69 Å². The average Bonchev–Trinajstić information content (AvgIpc) is 2.48. The smallest absolute Gasteiger partial charge is 0.0807 e. The molecule has 20 heavy (non-hydrogen) atoms.